The van der Waals surface area contributed by atoms with Gasteiger partial charge in [0.05, 0.1) is 0 Å². The first kappa shape index (κ1) is 29.4. The number of carbonyl (C=O) groups excluding carboxylic acids is 4. The highest BCUT2D eigenvalue weighted by atomic mass is 16.7. The van der Waals surface area contributed by atoms with Crippen LogP contribution in [0.4, 0.5) is 10.5 Å². The largest absolute Gasteiger partial charge is 0.444 e. The van der Waals surface area contributed by atoms with E-state index in [-0.39, 0.29) is 18.7 Å². The van der Waals surface area contributed by atoms with E-state index in [0.717, 1.165) is 24.1 Å². The Labute approximate surface area is 218 Å². The van der Waals surface area contributed by atoms with Crippen LogP contribution in [0.3, 0.4) is 0 Å². The number of hydrogen-bond acceptors (Lipinski definition) is 6. The smallest absolute Gasteiger partial charge is 0.408 e. The summed E-state index contributed by atoms with van der Waals surface area (Å²) in [5, 5.41) is 5.36. The van der Waals surface area contributed by atoms with Crippen molar-refractivity contribution in [2.45, 2.75) is 77.4 Å². The molecule has 1 atom stereocenters. The number of alkyl carbamates (subject to hydrolysis) is 1. The van der Waals surface area contributed by atoms with E-state index in [2.05, 4.69) is 16.1 Å². The molecule has 9 nitrogen and oxygen atoms in total. The summed E-state index contributed by atoms with van der Waals surface area (Å²) in [5.41, 5.74) is 3.01. The number of unbranched alkanes of at least 4 members (excludes halogenated alkanes) is 3. The molecular formula is C28H37N3O6. The maximum absolute atomic E-state index is 12.6. The van der Waals surface area contributed by atoms with E-state index in [1.54, 1.807) is 20.8 Å². The highest BCUT2D eigenvalue weighted by Crippen LogP contribution is 2.11. The fourth-order valence-corrected chi connectivity index (χ4v) is 3.39. The Bertz CT molecular complexity index is 1010. The second-order valence-corrected chi connectivity index (χ2v) is 9.66. The summed E-state index contributed by atoms with van der Waals surface area (Å²) in [6.07, 6.45) is 2.87. The van der Waals surface area contributed by atoms with Crippen molar-refractivity contribution in [1.82, 2.24) is 10.8 Å². The Hall–Kier alpha value is -3.88. The zero-order valence-electron chi connectivity index (χ0n) is 21.8. The van der Waals surface area contributed by atoms with Crippen LogP contribution in [0.15, 0.2) is 60.7 Å². The van der Waals surface area contributed by atoms with Crippen molar-refractivity contribution in [2.75, 3.05) is 5.32 Å². The molecule has 0 aliphatic heterocycles. The number of carbonyl (C=O) groups is 4. The SMILES string of the molecule is CC(C)(C)OC(=O)N[C@@H](Cc1ccccc1)C(=O)ONC(=O)CCCCCCC(=O)Nc1ccccc1. The standard InChI is InChI=1S/C28H37N3O6/c1-28(2,3)36-27(35)30-23(20-21-14-8-6-9-15-21)26(34)37-31-25(33)19-13-5-4-12-18-24(32)29-22-16-10-7-11-17-22/h6-11,14-17,23H,4-5,12-13,18-20H2,1-3H3,(H,29,32)(H,30,35)(H,31,33)/t23-/m0/s1. The molecule has 2 rings (SSSR count). The lowest BCUT2D eigenvalue weighted by Gasteiger charge is -2.22. The Kier molecular flexibility index (Phi) is 12.1. The highest BCUT2D eigenvalue weighted by molar-refractivity contribution is 5.90. The lowest BCUT2D eigenvalue weighted by atomic mass is 10.1. The zero-order valence-corrected chi connectivity index (χ0v) is 21.8. The predicted octanol–water partition coefficient (Wildman–Crippen LogP) is 4.68. The Morgan fingerprint density at radius 2 is 1.35 bits per heavy atom. The molecule has 0 aliphatic rings. The minimum absolute atomic E-state index is 0.0408. The van der Waals surface area contributed by atoms with Gasteiger partial charge in [-0.15, -0.1) is 0 Å². The van der Waals surface area contributed by atoms with Gasteiger partial charge in [-0.3, -0.25) is 9.59 Å². The van der Waals surface area contributed by atoms with E-state index in [1.807, 2.05) is 60.7 Å². The second-order valence-electron chi connectivity index (χ2n) is 9.66. The van der Waals surface area contributed by atoms with Crippen LogP contribution in [0.25, 0.3) is 0 Å². The van der Waals surface area contributed by atoms with Gasteiger partial charge in [-0.25, -0.2) is 9.59 Å². The van der Waals surface area contributed by atoms with Gasteiger partial charge in [-0.05, 0) is 51.3 Å². The first-order valence-electron chi connectivity index (χ1n) is 12.5. The Morgan fingerprint density at radius 3 is 1.95 bits per heavy atom. The van der Waals surface area contributed by atoms with Crippen LogP contribution in [0.5, 0.6) is 0 Å². The molecule has 3 amide bonds. The van der Waals surface area contributed by atoms with Crippen LogP contribution >= 0.6 is 0 Å². The van der Waals surface area contributed by atoms with Gasteiger partial charge >= 0.3 is 12.1 Å². The lowest BCUT2D eigenvalue weighted by Crippen LogP contribution is -2.47. The topological polar surface area (TPSA) is 123 Å². The molecule has 2 aromatic rings. The monoisotopic (exact) mass is 511 g/mol. The van der Waals surface area contributed by atoms with Gasteiger partial charge in [0.15, 0.2) is 0 Å². The quantitative estimate of drug-likeness (QED) is 0.281. The van der Waals surface area contributed by atoms with Gasteiger partial charge in [0.2, 0.25) is 5.91 Å². The van der Waals surface area contributed by atoms with Crippen LogP contribution < -0.4 is 16.1 Å². The number of hydrogen-bond donors (Lipinski definition) is 3. The lowest BCUT2D eigenvalue weighted by molar-refractivity contribution is -0.160. The van der Waals surface area contributed by atoms with Crippen molar-refractivity contribution >= 4 is 29.6 Å². The summed E-state index contributed by atoms with van der Waals surface area (Å²) in [6, 6.07) is 17.4. The van der Waals surface area contributed by atoms with Gasteiger partial charge in [-0.1, -0.05) is 61.4 Å². The minimum atomic E-state index is -1.04. The predicted molar refractivity (Wildman–Crippen MR) is 140 cm³/mol. The number of para-hydroxylation sites is 1. The van der Waals surface area contributed by atoms with E-state index in [9.17, 15) is 19.2 Å². The van der Waals surface area contributed by atoms with E-state index in [0.29, 0.717) is 19.3 Å². The van der Waals surface area contributed by atoms with Crippen molar-refractivity contribution in [2.24, 2.45) is 0 Å². The fraction of sp³-hybridized carbons (Fsp3) is 0.429. The molecule has 2 aromatic carbocycles. The number of ether oxygens (including phenoxy) is 1. The number of anilines is 1. The highest BCUT2D eigenvalue weighted by Gasteiger charge is 2.26. The van der Waals surface area contributed by atoms with Gasteiger partial charge in [0.25, 0.3) is 5.91 Å². The summed E-state index contributed by atoms with van der Waals surface area (Å²) in [5.74, 6) is -1.28. The Morgan fingerprint density at radius 1 is 0.784 bits per heavy atom. The molecule has 0 fully saturated rings. The van der Waals surface area contributed by atoms with Gasteiger partial charge in [0.1, 0.15) is 11.6 Å². The third-order valence-corrected chi connectivity index (χ3v) is 5.14. The van der Waals surface area contributed by atoms with Gasteiger partial charge in [-0.2, -0.15) is 5.48 Å². The minimum Gasteiger partial charge on any atom is -0.444 e. The molecule has 0 aliphatic carbocycles. The Balaban J connectivity index is 1.68. The molecule has 0 spiro atoms. The molecule has 37 heavy (non-hydrogen) atoms. The first-order chi connectivity index (χ1) is 17.6. The summed E-state index contributed by atoms with van der Waals surface area (Å²) in [7, 11) is 0. The maximum atomic E-state index is 12.6. The van der Waals surface area contributed by atoms with Crippen molar-refractivity contribution in [3.05, 3.63) is 66.2 Å². The summed E-state index contributed by atoms with van der Waals surface area (Å²) < 4.78 is 5.24. The normalized spacial score (nSPS) is 11.6. The maximum Gasteiger partial charge on any atom is 0.408 e. The summed E-state index contributed by atoms with van der Waals surface area (Å²) in [6.45, 7) is 5.16. The van der Waals surface area contributed by atoms with Crippen molar-refractivity contribution < 1.29 is 28.8 Å². The number of amides is 3. The summed E-state index contributed by atoms with van der Waals surface area (Å²) >= 11 is 0. The average Bonchev–Trinajstić information content (AvgIpc) is 2.84. The molecule has 0 saturated carbocycles. The molecule has 0 saturated heterocycles. The molecule has 0 heterocycles. The number of nitrogens with one attached hydrogen (secondary N) is 3. The molecule has 9 heteroatoms. The van der Waals surface area contributed by atoms with Crippen LogP contribution in [-0.2, 0) is 30.4 Å². The van der Waals surface area contributed by atoms with Crippen LogP contribution in [0.1, 0.15) is 64.9 Å². The molecule has 200 valence electrons. The summed E-state index contributed by atoms with van der Waals surface area (Å²) in [4.78, 5) is 53.9. The van der Waals surface area contributed by atoms with E-state index in [1.165, 1.54) is 0 Å². The third kappa shape index (κ3) is 13.1. The molecule has 0 radical (unpaired) electrons. The van der Waals surface area contributed by atoms with E-state index in [4.69, 9.17) is 9.57 Å². The fourth-order valence-electron chi connectivity index (χ4n) is 3.39. The van der Waals surface area contributed by atoms with Crippen LogP contribution in [-0.4, -0.2) is 35.5 Å². The van der Waals surface area contributed by atoms with Crippen molar-refractivity contribution in [3.63, 3.8) is 0 Å². The molecule has 3 N–H and O–H groups in total. The molecule has 0 unspecified atom stereocenters. The van der Waals surface area contributed by atoms with Crippen molar-refractivity contribution in [3.8, 4) is 0 Å². The van der Waals surface area contributed by atoms with Crippen molar-refractivity contribution in [1.29, 1.82) is 0 Å². The number of hydroxylamine groups is 1. The molecular weight excluding hydrogens is 474 g/mol. The molecule has 0 aromatic heterocycles. The third-order valence-electron chi connectivity index (χ3n) is 5.14. The average molecular weight is 512 g/mol. The van der Waals surface area contributed by atoms with Gasteiger partial charge < -0.3 is 20.2 Å². The number of benzene rings is 2. The number of rotatable bonds is 12. The van der Waals surface area contributed by atoms with Crippen LogP contribution in [0.2, 0.25) is 0 Å². The van der Waals surface area contributed by atoms with E-state index >= 15 is 0 Å². The second kappa shape index (κ2) is 15.3. The first-order valence-corrected chi connectivity index (χ1v) is 12.5. The molecule has 0 bridgehead atoms. The van der Waals surface area contributed by atoms with E-state index < -0.39 is 29.6 Å². The van der Waals surface area contributed by atoms with Crippen LogP contribution in [0, 0.1) is 0 Å². The zero-order chi connectivity index (χ0) is 27.1. The van der Waals surface area contributed by atoms with Gasteiger partial charge in [0, 0.05) is 24.9 Å².